The van der Waals surface area contributed by atoms with Crippen molar-refractivity contribution >= 4 is 0 Å². The fourth-order valence-corrected chi connectivity index (χ4v) is 0. The number of rotatable bonds is 0. The number of hydrogen-bond donors (Lipinski definition) is 0. The summed E-state index contributed by atoms with van der Waals surface area (Å²) in [6.45, 7) is 28.5. The van der Waals surface area contributed by atoms with Crippen LogP contribution in [0.2, 0.25) is 0 Å². The third-order valence-electron chi connectivity index (χ3n) is 0. The van der Waals surface area contributed by atoms with Crippen molar-refractivity contribution in [3.63, 3.8) is 0 Å². The van der Waals surface area contributed by atoms with Gasteiger partial charge in [-0.2, -0.15) is 0 Å². The van der Waals surface area contributed by atoms with Crippen molar-refractivity contribution in [3.05, 3.63) is 39.4 Å². The summed E-state index contributed by atoms with van der Waals surface area (Å²) in [6.07, 6.45) is 0. The summed E-state index contributed by atoms with van der Waals surface area (Å²) in [6, 6.07) is 0. The van der Waals surface area contributed by atoms with E-state index in [0.717, 1.165) is 0 Å². The summed E-state index contributed by atoms with van der Waals surface area (Å²) in [5.74, 6) is 0. The smallest absolute Gasteiger partial charge is 0.512 e. The zero-order valence-corrected chi connectivity index (χ0v) is 7.77. The average molecular weight is 257 g/mol. The Morgan fingerprint density at radius 1 is 0.308 bits per heavy atom. The summed E-state index contributed by atoms with van der Waals surface area (Å²) >= 11 is 0. The van der Waals surface area contributed by atoms with E-state index < -0.39 is 0 Å². The van der Waals surface area contributed by atoms with E-state index in [9.17, 15) is 0 Å². The molecule has 0 unspecified atom stereocenters. The van der Waals surface area contributed by atoms with Crippen molar-refractivity contribution in [2.45, 2.75) is 0 Å². The van der Waals surface area contributed by atoms with Gasteiger partial charge in [0.1, 0.15) is 0 Å². The molecule has 0 rings (SSSR count). The van der Waals surface area contributed by atoms with E-state index in [2.05, 4.69) is 0 Å². The molecule has 13 heavy (non-hydrogen) atoms. The molecule has 6 nitrogen and oxygen atoms in total. The first-order valence-corrected chi connectivity index (χ1v) is 1.34. The first-order chi connectivity index (χ1) is 6.00. The molecule has 0 N–H and O–H groups in total. The number of nitrogens with zero attached hydrogens (tertiary/aromatic N) is 6. The van der Waals surface area contributed by atoms with Crippen LogP contribution in [0, 0.1) is 71.0 Å². The van der Waals surface area contributed by atoms with Crippen LogP contribution in [0.3, 0.4) is 0 Å². The van der Waals surface area contributed by atoms with Gasteiger partial charge in [-0.3, -0.25) is 0 Å². The Balaban J connectivity index is -0.00000000655. The molecule has 0 saturated carbocycles. The molecule has 0 radical (unpaired) electrons. The zero-order valence-electron chi connectivity index (χ0n) is 6.04. The molecular formula is C6N6Ru-4. The van der Waals surface area contributed by atoms with Crippen LogP contribution in [0.1, 0.15) is 0 Å². The summed E-state index contributed by atoms with van der Waals surface area (Å²) in [5.41, 5.74) is 0. The maximum atomic E-state index is 6.25. The van der Waals surface area contributed by atoms with E-state index in [-0.39, 0.29) is 19.5 Å². The predicted molar refractivity (Wildman–Crippen MR) is 29.8 cm³/mol. The maximum Gasteiger partial charge on any atom is 2.00 e. The topological polar surface area (TPSA) is 143 Å². The Hall–Kier alpha value is -2.44. The van der Waals surface area contributed by atoms with Crippen molar-refractivity contribution in [2.75, 3.05) is 0 Å². The van der Waals surface area contributed by atoms with E-state index in [1.807, 2.05) is 0 Å². The largest absolute Gasteiger partial charge is 2.00 e. The Labute approximate surface area is 90.8 Å². The Morgan fingerprint density at radius 3 is 0.308 bits per heavy atom. The molecule has 0 fully saturated rings. The summed E-state index contributed by atoms with van der Waals surface area (Å²) in [5, 5.41) is 37.5. The monoisotopic (exact) mass is 258 g/mol. The van der Waals surface area contributed by atoms with Gasteiger partial charge in [0.15, 0.2) is 0 Å². The van der Waals surface area contributed by atoms with Crippen LogP contribution in [0.5, 0.6) is 0 Å². The van der Waals surface area contributed by atoms with E-state index in [1.54, 1.807) is 0 Å². The van der Waals surface area contributed by atoms with Crippen molar-refractivity contribution in [2.24, 2.45) is 0 Å². The second kappa shape index (κ2) is 118. The van der Waals surface area contributed by atoms with Crippen molar-refractivity contribution in [1.82, 2.24) is 0 Å². The van der Waals surface area contributed by atoms with Gasteiger partial charge in [-0.05, 0) is 0 Å². The quantitative estimate of drug-likeness (QED) is 0.458. The van der Waals surface area contributed by atoms with Crippen molar-refractivity contribution in [1.29, 1.82) is 31.6 Å². The first kappa shape index (κ1) is 76.1. The van der Waals surface area contributed by atoms with E-state index >= 15 is 0 Å². The van der Waals surface area contributed by atoms with Gasteiger partial charge in [0, 0.05) is 0 Å². The van der Waals surface area contributed by atoms with Gasteiger partial charge in [-0.1, -0.05) is 0 Å². The summed E-state index contributed by atoms with van der Waals surface area (Å²) in [7, 11) is 0. The van der Waals surface area contributed by atoms with Gasteiger partial charge >= 0.3 is 19.5 Å². The van der Waals surface area contributed by atoms with Gasteiger partial charge in [-0.15, -0.1) is 0 Å². The molecule has 0 aromatic rings. The Kier molecular flexibility index (Phi) is 691. The van der Waals surface area contributed by atoms with Gasteiger partial charge in [0.25, 0.3) is 0 Å². The molecule has 0 aromatic carbocycles. The zero-order chi connectivity index (χ0) is 12.0. The third-order valence-corrected chi connectivity index (χ3v) is 0. The third kappa shape index (κ3) is 92.1. The first-order valence-electron chi connectivity index (χ1n) is 1.34. The fraction of sp³-hybridized carbons (Fsp3) is 0. The van der Waals surface area contributed by atoms with E-state index in [4.69, 9.17) is 71.0 Å². The molecule has 66 valence electrons. The summed E-state index contributed by atoms with van der Waals surface area (Å²) < 4.78 is 0. The van der Waals surface area contributed by atoms with Gasteiger partial charge < -0.3 is 71.0 Å². The van der Waals surface area contributed by atoms with Crippen LogP contribution < -0.4 is 0 Å². The predicted octanol–water partition coefficient (Wildman–Crippen LogP) is 0.576. The van der Waals surface area contributed by atoms with Gasteiger partial charge in [-0.25, -0.2) is 0 Å². The minimum atomic E-state index is 0. The van der Waals surface area contributed by atoms with Crippen LogP contribution in [-0.4, -0.2) is 0 Å². The SMILES string of the molecule is [C-]#N.[C-]#N.[C-]#N.[C-]#N.[C-]#N.[C-]#N.[Ru+2]. The molecular weight excluding hydrogens is 257 g/mol. The molecule has 0 aliphatic rings. The molecule has 0 amide bonds. The van der Waals surface area contributed by atoms with E-state index in [0.29, 0.717) is 0 Å². The van der Waals surface area contributed by atoms with Crippen LogP contribution in [0.15, 0.2) is 0 Å². The van der Waals surface area contributed by atoms with Crippen LogP contribution in [0.25, 0.3) is 0 Å². The van der Waals surface area contributed by atoms with Crippen molar-refractivity contribution in [3.8, 4) is 0 Å². The van der Waals surface area contributed by atoms with Gasteiger partial charge in [0.2, 0.25) is 0 Å². The molecule has 0 aliphatic carbocycles. The van der Waals surface area contributed by atoms with Crippen LogP contribution >= 0.6 is 0 Å². The average Bonchev–Trinajstić information content (AvgIpc) is 2.33. The molecule has 0 saturated heterocycles. The molecule has 0 aromatic heterocycles. The van der Waals surface area contributed by atoms with Crippen LogP contribution in [-0.2, 0) is 19.5 Å². The Bertz CT molecular complexity index is 92.1. The molecule has 0 aliphatic heterocycles. The summed E-state index contributed by atoms with van der Waals surface area (Å²) in [4.78, 5) is 0. The number of hydrogen-bond acceptors (Lipinski definition) is 6. The second-order valence-electron chi connectivity index (χ2n) is 0. The molecule has 0 heterocycles. The van der Waals surface area contributed by atoms with Gasteiger partial charge in [0.05, 0.1) is 0 Å². The minimum absolute atomic E-state index is 0. The minimum Gasteiger partial charge on any atom is -0.512 e. The Morgan fingerprint density at radius 2 is 0.308 bits per heavy atom. The van der Waals surface area contributed by atoms with E-state index in [1.165, 1.54) is 0 Å². The second-order valence-corrected chi connectivity index (χ2v) is 0. The molecule has 0 bridgehead atoms. The molecule has 0 spiro atoms. The molecule has 7 heteroatoms. The maximum absolute atomic E-state index is 6.25. The fourth-order valence-electron chi connectivity index (χ4n) is 0. The molecule has 0 atom stereocenters. The van der Waals surface area contributed by atoms with Crippen LogP contribution in [0.4, 0.5) is 0 Å². The standard InChI is InChI=1S/6CN.Ru/c6*1-2;/q6*-1;+2. The van der Waals surface area contributed by atoms with Crippen molar-refractivity contribution < 1.29 is 19.5 Å². The normalized spacial score (nSPS) is 0.923.